The van der Waals surface area contributed by atoms with Crippen molar-refractivity contribution < 1.29 is 9.53 Å². The van der Waals surface area contributed by atoms with Gasteiger partial charge in [0.05, 0.1) is 11.6 Å². The van der Waals surface area contributed by atoms with E-state index in [4.69, 9.17) is 17.0 Å². The topological polar surface area (TPSA) is 50.4 Å². The van der Waals surface area contributed by atoms with Gasteiger partial charge in [-0.25, -0.2) is 0 Å². The molecule has 0 aliphatic rings. The molecule has 0 spiro atoms. The van der Waals surface area contributed by atoms with E-state index < -0.39 is 0 Å². The molecule has 0 aliphatic heterocycles. The molecule has 0 heterocycles. The van der Waals surface area contributed by atoms with Gasteiger partial charge in [0.25, 0.3) is 0 Å². The fourth-order valence-electron chi connectivity index (χ4n) is 1.43. The van der Waals surface area contributed by atoms with Crippen molar-refractivity contribution in [1.82, 2.24) is 5.32 Å². The van der Waals surface area contributed by atoms with Crippen LogP contribution in [0.2, 0.25) is 0 Å². The largest absolute Gasteiger partial charge is 0.496 e. The SMILES string of the molecule is CCCCC(=O)NC(=S)Nc1ccc(OC)c(Br)c1. The Morgan fingerprint density at radius 1 is 1.47 bits per heavy atom. The van der Waals surface area contributed by atoms with Crippen LogP contribution in [0, 0.1) is 0 Å². The Hall–Kier alpha value is -1.14. The number of amides is 1. The molecule has 19 heavy (non-hydrogen) atoms. The molecule has 0 saturated heterocycles. The van der Waals surface area contributed by atoms with Crippen LogP contribution in [0.5, 0.6) is 5.75 Å². The van der Waals surface area contributed by atoms with E-state index in [9.17, 15) is 4.79 Å². The van der Waals surface area contributed by atoms with Crippen molar-refractivity contribution in [3.63, 3.8) is 0 Å². The van der Waals surface area contributed by atoms with E-state index in [2.05, 4.69) is 26.6 Å². The number of unbranched alkanes of at least 4 members (excludes halogenated alkanes) is 1. The van der Waals surface area contributed by atoms with Gasteiger partial charge >= 0.3 is 0 Å². The van der Waals surface area contributed by atoms with E-state index >= 15 is 0 Å². The Morgan fingerprint density at radius 3 is 2.79 bits per heavy atom. The molecular formula is C13H17BrN2O2S. The molecule has 1 amide bonds. The minimum Gasteiger partial charge on any atom is -0.496 e. The molecule has 4 nitrogen and oxygen atoms in total. The summed E-state index contributed by atoms with van der Waals surface area (Å²) in [7, 11) is 1.60. The van der Waals surface area contributed by atoms with Gasteiger partial charge in [-0.15, -0.1) is 0 Å². The first-order chi connectivity index (χ1) is 9.06. The molecule has 2 N–H and O–H groups in total. The summed E-state index contributed by atoms with van der Waals surface area (Å²) in [5.41, 5.74) is 0.786. The molecule has 0 radical (unpaired) electrons. The summed E-state index contributed by atoms with van der Waals surface area (Å²) in [4.78, 5) is 11.5. The lowest BCUT2D eigenvalue weighted by atomic mass is 10.2. The van der Waals surface area contributed by atoms with Crippen LogP contribution in [-0.4, -0.2) is 18.1 Å². The average molecular weight is 345 g/mol. The third kappa shape index (κ3) is 5.57. The lowest BCUT2D eigenvalue weighted by Gasteiger charge is -2.11. The number of halogens is 1. The van der Waals surface area contributed by atoms with Crippen LogP contribution >= 0.6 is 28.1 Å². The van der Waals surface area contributed by atoms with Crippen molar-refractivity contribution in [1.29, 1.82) is 0 Å². The number of carbonyl (C=O) groups excluding carboxylic acids is 1. The lowest BCUT2D eigenvalue weighted by molar-refractivity contribution is -0.119. The van der Waals surface area contributed by atoms with E-state index in [1.54, 1.807) is 7.11 Å². The number of hydrogen-bond acceptors (Lipinski definition) is 3. The third-order valence-electron chi connectivity index (χ3n) is 2.42. The second-order valence-electron chi connectivity index (χ2n) is 3.96. The Morgan fingerprint density at radius 2 is 2.21 bits per heavy atom. The van der Waals surface area contributed by atoms with Gasteiger partial charge in [-0.2, -0.15) is 0 Å². The highest BCUT2D eigenvalue weighted by Crippen LogP contribution is 2.27. The molecule has 1 rings (SSSR count). The Balaban J connectivity index is 2.52. The summed E-state index contributed by atoms with van der Waals surface area (Å²) in [6, 6.07) is 5.48. The fourth-order valence-corrected chi connectivity index (χ4v) is 2.21. The zero-order chi connectivity index (χ0) is 14.3. The number of thiocarbonyl (C=S) groups is 1. The molecule has 1 aromatic rings. The van der Waals surface area contributed by atoms with Crippen LogP contribution in [0.15, 0.2) is 22.7 Å². The fraction of sp³-hybridized carbons (Fsp3) is 0.385. The minimum absolute atomic E-state index is 0.0630. The molecule has 0 atom stereocenters. The van der Waals surface area contributed by atoms with E-state index in [0.29, 0.717) is 11.5 Å². The monoisotopic (exact) mass is 344 g/mol. The van der Waals surface area contributed by atoms with E-state index in [-0.39, 0.29) is 5.91 Å². The highest BCUT2D eigenvalue weighted by Gasteiger charge is 2.06. The number of benzene rings is 1. The smallest absolute Gasteiger partial charge is 0.226 e. The second-order valence-corrected chi connectivity index (χ2v) is 5.22. The molecule has 6 heteroatoms. The van der Waals surface area contributed by atoms with Crippen LogP contribution in [0.1, 0.15) is 26.2 Å². The molecule has 1 aromatic carbocycles. The quantitative estimate of drug-likeness (QED) is 0.803. The maximum atomic E-state index is 11.5. The summed E-state index contributed by atoms with van der Waals surface area (Å²) in [6.07, 6.45) is 2.34. The number of nitrogens with one attached hydrogen (secondary N) is 2. The van der Waals surface area contributed by atoms with Crippen LogP contribution in [0.25, 0.3) is 0 Å². The predicted molar refractivity (Wildman–Crippen MR) is 84.6 cm³/mol. The average Bonchev–Trinajstić information content (AvgIpc) is 2.36. The van der Waals surface area contributed by atoms with Crippen molar-refractivity contribution in [3.8, 4) is 5.75 Å². The van der Waals surface area contributed by atoms with Gasteiger partial charge < -0.3 is 15.4 Å². The molecule has 0 unspecified atom stereocenters. The van der Waals surface area contributed by atoms with Crippen molar-refractivity contribution in [2.75, 3.05) is 12.4 Å². The standard InChI is InChI=1S/C13H17BrN2O2S/c1-3-4-5-12(17)16-13(19)15-9-6-7-11(18-2)10(14)8-9/h6-8H,3-5H2,1-2H3,(H2,15,16,17,19). The number of hydrogen-bond donors (Lipinski definition) is 2. The summed E-state index contributed by atoms with van der Waals surface area (Å²) in [5, 5.41) is 5.91. The minimum atomic E-state index is -0.0630. The van der Waals surface area contributed by atoms with Crippen molar-refractivity contribution >= 4 is 44.9 Å². The summed E-state index contributed by atoms with van der Waals surface area (Å²) in [5.74, 6) is 0.676. The van der Waals surface area contributed by atoms with Crippen LogP contribution in [0.4, 0.5) is 5.69 Å². The van der Waals surface area contributed by atoms with Gasteiger partial charge in [-0.3, -0.25) is 4.79 Å². The van der Waals surface area contributed by atoms with Gasteiger partial charge in [-0.05, 0) is 52.8 Å². The van der Waals surface area contributed by atoms with E-state index in [1.165, 1.54) is 0 Å². The predicted octanol–water partition coefficient (Wildman–Crippen LogP) is 3.46. The first kappa shape index (κ1) is 15.9. The zero-order valence-corrected chi connectivity index (χ0v) is 13.4. The van der Waals surface area contributed by atoms with Crippen LogP contribution < -0.4 is 15.4 Å². The number of carbonyl (C=O) groups is 1. The number of rotatable bonds is 5. The highest BCUT2D eigenvalue weighted by atomic mass is 79.9. The zero-order valence-electron chi connectivity index (χ0n) is 11.0. The Bertz CT molecular complexity index is 466. The molecule has 0 fully saturated rings. The van der Waals surface area contributed by atoms with Crippen molar-refractivity contribution in [2.45, 2.75) is 26.2 Å². The summed E-state index contributed by atoms with van der Waals surface area (Å²) >= 11 is 8.46. The second kappa shape index (κ2) is 8.12. The number of anilines is 1. The van der Waals surface area contributed by atoms with Gasteiger partial charge in [0.2, 0.25) is 5.91 Å². The first-order valence-electron chi connectivity index (χ1n) is 6.01. The van der Waals surface area contributed by atoms with Gasteiger partial charge in [0.1, 0.15) is 5.75 Å². The van der Waals surface area contributed by atoms with Gasteiger partial charge in [0.15, 0.2) is 5.11 Å². The maximum Gasteiger partial charge on any atom is 0.226 e. The molecular weight excluding hydrogens is 328 g/mol. The molecule has 104 valence electrons. The first-order valence-corrected chi connectivity index (χ1v) is 7.21. The van der Waals surface area contributed by atoms with Crippen molar-refractivity contribution in [2.24, 2.45) is 0 Å². The molecule has 0 bridgehead atoms. The normalized spacial score (nSPS) is 9.84. The van der Waals surface area contributed by atoms with Gasteiger partial charge in [-0.1, -0.05) is 13.3 Å². The van der Waals surface area contributed by atoms with Crippen molar-refractivity contribution in [3.05, 3.63) is 22.7 Å². The van der Waals surface area contributed by atoms with E-state index in [0.717, 1.165) is 28.8 Å². The van der Waals surface area contributed by atoms with E-state index in [1.807, 2.05) is 25.1 Å². The summed E-state index contributed by atoms with van der Waals surface area (Å²) < 4.78 is 5.96. The highest BCUT2D eigenvalue weighted by molar-refractivity contribution is 9.10. The third-order valence-corrected chi connectivity index (χ3v) is 3.24. The number of methoxy groups -OCH3 is 1. The lowest BCUT2D eigenvalue weighted by Crippen LogP contribution is -2.33. The number of ether oxygens (including phenoxy) is 1. The molecule has 0 saturated carbocycles. The molecule has 0 aromatic heterocycles. The maximum absolute atomic E-state index is 11.5. The van der Waals surface area contributed by atoms with Gasteiger partial charge in [0, 0.05) is 12.1 Å². The van der Waals surface area contributed by atoms with Crippen LogP contribution in [0.3, 0.4) is 0 Å². The Labute approximate surface area is 127 Å². The Kier molecular flexibility index (Phi) is 6.80. The van der Waals surface area contributed by atoms with Crippen LogP contribution in [-0.2, 0) is 4.79 Å². The molecule has 0 aliphatic carbocycles. The summed E-state index contributed by atoms with van der Waals surface area (Å²) in [6.45, 7) is 2.04.